The highest BCUT2D eigenvalue weighted by Crippen LogP contribution is 2.32. The summed E-state index contributed by atoms with van der Waals surface area (Å²) in [5.41, 5.74) is 11.5. The largest absolute Gasteiger partial charge is 0.477 e. The number of aryl methyl sites for hydroxylation is 1. The van der Waals surface area contributed by atoms with Crippen molar-refractivity contribution >= 4 is 39.9 Å². The molecule has 3 N–H and O–H groups in total. The van der Waals surface area contributed by atoms with Crippen molar-refractivity contribution in [3.05, 3.63) is 70.7 Å². The summed E-state index contributed by atoms with van der Waals surface area (Å²) in [5, 5.41) is 7.81. The van der Waals surface area contributed by atoms with E-state index in [0.717, 1.165) is 22.3 Å². The van der Waals surface area contributed by atoms with Gasteiger partial charge in [0, 0.05) is 12.4 Å². The van der Waals surface area contributed by atoms with Crippen molar-refractivity contribution in [3.63, 3.8) is 0 Å². The van der Waals surface area contributed by atoms with Gasteiger partial charge in [-0.15, -0.1) is 0 Å². The van der Waals surface area contributed by atoms with Gasteiger partial charge < -0.3 is 15.2 Å². The van der Waals surface area contributed by atoms with Crippen LogP contribution in [0.2, 0.25) is 10.0 Å². The van der Waals surface area contributed by atoms with Crippen molar-refractivity contribution in [3.8, 4) is 34.3 Å². The first kappa shape index (κ1) is 26.1. The Morgan fingerprint density at radius 1 is 0.865 bits per heavy atom. The number of hydrogen-bond donors (Lipinski definition) is 2. The summed E-state index contributed by atoms with van der Waals surface area (Å²) in [7, 11) is 0. The molecular formula is C26H25Cl2N7O2. The molecule has 11 heteroatoms. The summed E-state index contributed by atoms with van der Waals surface area (Å²) < 4.78 is 11.0. The van der Waals surface area contributed by atoms with E-state index in [4.69, 9.17) is 38.4 Å². The van der Waals surface area contributed by atoms with Gasteiger partial charge in [-0.2, -0.15) is 5.10 Å². The zero-order valence-corrected chi connectivity index (χ0v) is 22.0. The summed E-state index contributed by atoms with van der Waals surface area (Å²) >= 11 is 12.3. The predicted octanol–water partition coefficient (Wildman–Crippen LogP) is 6.16. The second kappa shape index (κ2) is 11.9. The molecule has 0 aliphatic rings. The molecule has 0 atom stereocenters. The third kappa shape index (κ3) is 5.90. The van der Waals surface area contributed by atoms with Crippen LogP contribution in [0.4, 0.5) is 5.69 Å². The summed E-state index contributed by atoms with van der Waals surface area (Å²) in [6.45, 7) is 6.74. The molecule has 0 fully saturated rings. The molecule has 9 nitrogen and oxygen atoms in total. The van der Waals surface area contributed by atoms with Gasteiger partial charge in [0.2, 0.25) is 11.8 Å². The average Bonchev–Trinajstić information content (AvgIpc) is 3.38. The highest BCUT2D eigenvalue weighted by molar-refractivity contribution is 6.35. The lowest BCUT2D eigenvalue weighted by atomic mass is 10.1. The number of hydrogen-bond acceptors (Lipinski definition) is 8. The maximum absolute atomic E-state index is 6.21. The minimum Gasteiger partial charge on any atom is -0.477 e. The van der Waals surface area contributed by atoms with E-state index in [9.17, 15) is 0 Å². The van der Waals surface area contributed by atoms with E-state index < -0.39 is 0 Å². The molecule has 0 aliphatic heterocycles. The molecule has 5 aromatic rings. The van der Waals surface area contributed by atoms with Crippen LogP contribution in [0.15, 0.2) is 55.0 Å². The summed E-state index contributed by atoms with van der Waals surface area (Å²) in [6, 6.07) is 11.0. The smallest absolute Gasteiger partial charge is 0.222 e. The molecule has 0 unspecified atom stereocenters. The highest BCUT2D eigenvalue weighted by Gasteiger charge is 2.13. The molecule has 190 valence electrons. The van der Waals surface area contributed by atoms with Gasteiger partial charge in [-0.3, -0.25) is 10.1 Å². The number of nitrogens with zero attached hydrogens (tertiary/aromatic N) is 5. The number of aromatic amines is 1. The number of pyridine rings is 4. The lowest BCUT2D eigenvalue weighted by Gasteiger charge is -2.10. The zero-order valence-electron chi connectivity index (χ0n) is 20.5. The van der Waals surface area contributed by atoms with Crippen LogP contribution in [-0.2, 0) is 0 Å². The van der Waals surface area contributed by atoms with E-state index in [0.29, 0.717) is 57.6 Å². The van der Waals surface area contributed by atoms with Crippen molar-refractivity contribution < 1.29 is 9.47 Å². The lowest BCUT2D eigenvalue weighted by Crippen LogP contribution is -2.00. The Morgan fingerprint density at radius 3 is 2.00 bits per heavy atom. The SMILES string of the molecule is CCOc1ncccc1-c1cc(Cl)c(N)c(C)n1.CCOc1ncccc1-c1cc(Cl)c2[nH]ncc2n1. The molecular weight excluding hydrogens is 513 g/mol. The van der Waals surface area contributed by atoms with Gasteiger partial charge in [0.1, 0.15) is 11.0 Å². The Morgan fingerprint density at radius 2 is 1.43 bits per heavy atom. The molecule has 37 heavy (non-hydrogen) atoms. The van der Waals surface area contributed by atoms with Gasteiger partial charge in [0.25, 0.3) is 0 Å². The minimum absolute atomic E-state index is 0.490. The Balaban J connectivity index is 0.000000173. The molecule has 0 saturated heterocycles. The molecule has 0 amide bonds. The van der Waals surface area contributed by atoms with E-state index in [1.165, 1.54) is 0 Å². The number of rotatable bonds is 6. The number of nitrogens with two attached hydrogens (primary N) is 1. The van der Waals surface area contributed by atoms with Crippen LogP contribution in [0, 0.1) is 6.92 Å². The fourth-order valence-electron chi connectivity index (χ4n) is 3.49. The topological polar surface area (TPSA) is 125 Å². The number of halogens is 2. The summed E-state index contributed by atoms with van der Waals surface area (Å²) in [6.07, 6.45) is 5.01. The lowest BCUT2D eigenvalue weighted by molar-refractivity contribution is 0.328. The second-order valence-electron chi connectivity index (χ2n) is 7.69. The maximum Gasteiger partial charge on any atom is 0.222 e. The third-order valence-corrected chi connectivity index (χ3v) is 5.83. The van der Waals surface area contributed by atoms with Crippen molar-refractivity contribution in [1.29, 1.82) is 0 Å². The third-order valence-electron chi connectivity index (χ3n) is 5.22. The van der Waals surface area contributed by atoms with Crippen molar-refractivity contribution in [2.45, 2.75) is 20.8 Å². The van der Waals surface area contributed by atoms with Crippen LogP contribution in [0.25, 0.3) is 33.5 Å². The van der Waals surface area contributed by atoms with Crippen molar-refractivity contribution in [1.82, 2.24) is 30.1 Å². The molecule has 5 rings (SSSR count). The van der Waals surface area contributed by atoms with Crippen molar-refractivity contribution in [2.75, 3.05) is 18.9 Å². The summed E-state index contributed by atoms with van der Waals surface area (Å²) in [5.74, 6) is 1.10. The Labute approximate surface area is 224 Å². The zero-order chi connectivity index (χ0) is 26.4. The van der Waals surface area contributed by atoms with E-state index in [-0.39, 0.29) is 0 Å². The normalized spacial score (nSPS) is 10.6. The maximum atomic E-state index is 6.21. The minimum atomic E-state index is 0.490. The molecule has 0 bridgehead atoms. The van der Waals surface area contributed by atoms with Crippen LogP contribution in [0.5, 0.6) is 11.8 Å². The van der Waals surface area contributed by atoms with Crippen LogP contribution in [0.1, 0.15) is 19.5 Å². The van der Waals surface area contributed by atoms with Gasteiger partial charge in [-0.25, -0.2) is 15.0 Å². The number of ether oxygens (including phenoxy) is 2. The monoisotopic (exact) mass is 537 g/mol. The second-order valence-corrected chi connectivity index (χ2v) is 8.50. The number of anilines is 1. The van der Waals surface area contributed by atoms with Gasteiger partial charge >= 0.3 is 0 Å². The Bertz CT molecular complexity index is 1500. The molecule has 0 aromatic carbocycles. The fraction of sp³-hybridized carbons (Fsp3) is 0.192. The molecule has 0 aliphatic carbocycles. The van der Waals surface area contributed by atoms with Crippen molar-refractivity contribution in [2.24, 2.45) is 0 Å². The van der Waals surface area contributed by atoms with Crippen LogP contribution < -0.4 is 15.2 Å². The molecule has 0 saturated carbocycles. The van der Waals surface area contributed by atoms with E-state index in [2.05, 4.69) is 30.1 Å². The van der Waals surface area contributed by atoms with E-state index in [1.807, 2.05) is 45.0 Å². The number of aromatic nitrogens is 6. The standard InChI is InChI=1S/C13H11ClN4O.C13H14ClN3O/c1-2-19-13-8(4-3-5-15-13)10-6-9(14)12-11(17-10)7-16-18-12;1-3-18-13-9(5-4-6-16-13)11-7-10(14)12(15)8(2)17-11/h3-7H,2H2,1H3,(H,16,18);4-7H,3,15H2,1-2H3. The highest BCUT2D eigenvalue weighted by atomic mass is 35.5. The quantitative estimate of drug-likeness (QED) is 0.263. The van der Waals surface area contributed by atoms with Crippen LogP contribution in [-0.4, -0.2) is 43.3 Å². The number of nitrogen functional groups attached to an aromatic ring is 1. The molecule has 0 radical (unpaired) electrons. The molecule has 5 aromatic heterocycles. The fourth-order valence-corrected chi connectivity index (χ4v) is 3.97. The summed E-state index contributed by atoms with van der Waals surface area (Å²) in [4.78, 5) is 17.3. The Kier molecular flexibility index (Phi) is 8.37. The van der Waals surface area contributed by atoms with Gasteiger partial charge in [0.05, 0.1) is 63.4 Å². The van der Waals surface area contributed by atoms with Gasteiger partial charge in [-0.05, 0) is 57.2 Å². The molecule has 0 spiro atoms. The van der Waals surface area contributed by atoms with E-state index in [1.54, 1.807) is 30.7 Å². The average molecular weight is 538 g/mol. The van der Waals surface area contributed by atoms with Crippen LogP contribution >= 0.6 is 23.2 Å². The van der Waals surface area contributed by atoms with Gasteiger partial charge in [0.15, 0.2) is 0 Å². The first-order valence-corrected chi connectivity index (χ1v) is 12.3. The van der Waals surface area contributed by atoms with E-state index >= 15 is 0 Å². The van der Waals surface area contributed by atoms with Gasteiger partial charge in [-0.1, -0.05) is 23.2 Å². The Hall–Kier alpha value is -3.95. The number of fused-ring (bicyclic) bond motifs is 1. The number of H-pyrrole nitrogens is 1. The molecule has 5 heterocycles. The van der Waals surface area contributed by atoms with Crippen LogP contribution in [0.3, 0.4) is 0 Å². The first-order valence-electron chi connectivity index (χ1n) is 11.5. The first-order chi connectivity index (χ1) is 17.9. The predicted molar refractivity (Wildman–Crippen MR) is 146 cm³/mol. The number of nitrogens with one attached hydrogen (secondary N) is 1.